The molecule has 5 nitrogen and oxygen atoms in total. The molecule has 0 aromatic rings. The van der Waals surface area contributed by atoms with E-state index in [1.807, 2.05) is 0 Å². The molecule has 0 aliphatic heterocycles. The third-order valence-electron chi connectivity index (χ3n) is 9.43. The van der Waals surface area contributed by atoms with Gasteiger partial charge in [-0.1, -0.05) is 186 Å². The normalized spacial score (nSPS) is 13.4. The Morgan fingerprint density at radius 3 is 1.10 bits per heavy atom. The van der Waals surface area contributed by atoms with E-state index < -0.39 is 6.10 Å². The van der Waals surface area contributed by atoms with Crippen molar-refractivity contribution >= 4 is 11.9 Å². The summed E-state index contributed by atoms with van der Waals surface area (Å²) in [5.41, 5.74) is 0. The van der Waals surface area contributed by atoms with E-state index in [1.165, 1.54) is 32.1 Å². The van der Waals surface area contributed by atoms with E-state index >= 15 is 0 Å². The predicted molar refractivity (Wildman–Crippen MR) is 260 cm³/mol. The van der Waals surface area contributed by atoms with Gasteiger partial charge in [0.25, 0.3) is 0 Å². The lowest BCUT2D eigenvalue weighted by molar-refractivity contribution is -0.161. The molecule has 0 aliphatic rings. The van der Waals surface area contributed by atoms with Gasteiger partial charge in [-0.25, -0.2) is 0 Å². The van der Waals surface area contributed by atoms with Gasteiger partial charge in [0.05, 0.1) is 6.61 Å². The molecule has 5 heteroatoms. The first kappa shape index (κ1) is 56.0. The molecular weight excluding hydrogens is 741 g/mol. The van der Waals surface area contributed by atoms with E-state index in [1.54, 1.807) is 0 Å². The van der Waals surface area contributed by atoms with Gasteiger partial charge in [0.15, 0.2) is 6.10 Å². The van der Waals surface area contributed by atoms with Crippen LogP contribution in [0, 0.1) is 0 Å². The second-order valence-corrected chi connectivity index (χ2v) is 15.1. The van der Waals surface area contributed by atoms with Crippen LogP contribution in [0.3, 0.4) is 0 Å². The first-order valence-corrected chi connectivity index (χ1v) is 23.7. The Labute approximate surface area is 368 Å². The molecule has 0 bridgehead atoms. The van der Waals surface area contributed by atoms with Crippen molar-refractivity contribution in [2.24, 2.45) is 0 Å². The molecule has 0 heterocycles. The molecule has 0 amide bonds. The summed E-state index contributed by atoms with van der Waals surface area (Å²) in [6.07, 6.45) is 73.8. The first-order valence-electron chi connectivity index (χ1n) is 23.7. The van der Waals surface area contributed by atoms with Gasteiger partial charge < -0.3 is 14.6 Å². The summed E-state index contributed by atoms with van der Waals surface area (Å²) in [7, 11) is 0. The second-order valence-electron chi connectivity index (χ2n) is 15.1. The zero-order chi connectivity index (χ0) is 43.5. The van der Waals surface area contributed by atoms with E-state index in [2.05, 4.69) is 148 Å². The highest BCUT2D eigenvalue weighted by molar-refractivity contribution is 5.70. The Kier molecular flexibility index (Phi) is 46.1. The first-order chi connectivity index (χ1) is 29.6. The molecule has 1 unspecified atom stereocenters. The minimum absolute atomic E-state index is 0.0960. The molecule has 336 valence electrons. The highest BCUT2D eigenvalue weighted by Gasteiger charge is 2.16. The van der Waals surface area contributed by atoms with Crippen LogP contribution in [0.5, 0.6) is 0 Å². The van der Waals surface area contributed by atoms with Gasteiger partial charge in [-0.05, 0) is 116 Å². The van der Waals surface area contributed by atoms with Crippen LogP contribution in [0.4, 0.5) is 0 Å². The highest BCUT2D eigenvalue weighted by Crippen LogP contribution is 2.10. The highest BCUT2D eigenvalue weighted by atomic mass is 16.6. The molecule has 0 saturated carbocycles. The van der Waals surface area contributed by atoms with Gasteiger partial charge in [-0.15, -0.1) is 0 Å². The van der Waals surface area contributed by atoms with Crippen LogP contribution in [0.25, 0.3) is 0 Å². The number of rotatable bonds is 41. The number of carbonyl (C=O) groups excluding carboxylic acids is 2. The molecule has 0 radical (unpaired) electrons. The van der Waals surface area contributed by atoms with Crippen molar-refractivity contribution in [3.8, 4) is 0 Å². The van der Waals surface area contributed by atoms with Crippen molar-refractivity contribution in [1.29, 1.82) is 0 Å². The molecule has 0 aliphatic carbocycles. The Bertz CT molecular complexity index is 1300. The van der Waals surface area contributed by atoms with Crippen molar-refractivity contribution < 1.29 is 24.2 Å². The molecule has 0 fully saturated rings. The zero-order valence-corrected chi connectivity index (χ0v) is 38.2. The molecule has 1 atom stereocenters. The van der Waals surface area contributed by atoms with Crippen LogP contribution in [0.1, 0.15) is 181 Å². The maximum atomic E-state index is 12.2. The number of carbonyl (C=O) groups is 2. The Hall–Kier alpha value is -3.96. The predicted octanol–water partition coefficient (Wildman–Crippen LogP) is 15.7. The zero-order valence-electron chi connectivity index (χ0n) is 38.2. The minimum Gasteiger partial charge on any atom is -0.462 e. The number of ether oxygens (including phenoxy) is 2. The summed E-state index contributed by atoms with van der Waals surface area (Å²) in [4.78, 5) is 24.4. The SMILES string of the molecule is CC/C=C\C/C=C\C/C=C\C/C=C\C/C=C\C/C=C\C/C=C\C/C=C\C/C=C\CCCCCC(=O)OC(CO)COC(=O)CCCCCCC/C=C\C/C=C\CCCCC. The molecule has 0 rings (SSSR count). The molecule has 0 aromatic carbocycles. The quantitative estimate of drug-likeness (QED) is 0.0378. The largest absolute Gasteiger partial charge is 0.462 e. The van der Waals surface area contributed by atoms with Gasteiger partial charge in [0.1, 0.15) is 6.61 Å². The third kappa shape index (κ3) is 46.7. The van der Waals surface area contributed by atoms with Crippen LogP contribution in [0.2, 0.25) is 0 Å². The maximum absolute atomic E-state index is 12.2. The van der Waals surface area contributed by atoms with Crippen LogP contribution in [0.15, 0.2) is 134 Å². The van der Waals surface area contributed by atoms with Gasteiger partial charge in [-0.3, -0.25) is 9.59 Å². The monoisotopic (exact) mass is 827 g/mol. The van der Waals surface area contributed by atoms with Gasteiger partial charge in [0.2, 0.25) is 0 Å². The maximum Gasteiger partial charge on any atom is 0.306 e. The topological polar surface area (TPSA) is 72.8 Å². The Balaban J connectivity index is 3.71. The molecule has 0 spiro atoms. The van der Waals surface area contributed by atoms with E-state index in [4.69, 9.17) is 9.47 Å². The van der Waals surface area contributed by atoms with Crippen molar-refractivity contribution in [3.63, 3.8) is 0 Å². The summed E-state index contributed by atoms with van der Waals surface area (Å²) < 4.78 is 10.6. The second kappa shape index (κ2) is 49.4. The summed E-state index contributed by atoms with van der Waals surface area (Å²) in [5.74, 6) is -0.658. The standard InChI is InChI=1S/C55H86O5/c1-3-5-7-9-11-13-15-17-19-20-21-22-23-24-25-26-27-28-29-30-31-32-33-34-36-38-40-42-44-46-48-50-55(58)60-53(51-56)52-59-54(57)49-47-45-43-41-39-37-35-18-16-14-12-10-8-6-4-2/h5,7,11-14,17-19,21-22,24-25,27-28,30-31,33-35,38,40,53,56H,3-4,6,8-10,15-16,20,23,26,29,32,36-37,39,41-52H2,1-2H3/b7-5-,13-11-,14-12-,19-17-,22-21-,25-24-,28-27-,31-30-,34-33-,35-18-,40-38-. The summed E-state index contributed by atoms with van der Waals surface area (Å²) in [5, 5.41) is 9.59. The summed E-state index contributed by atoms with van der Waals surface area (Å²) >= 11 is 0. The fraction of sp³-hybridized carbons (Fsp3) is 0.564. The lowest BCUT2D eigenvalue weighted by Crippen LogP contribution is -2.28. The average molecular weight is 827 g/mol. The number of hydrogen-bond donors (Lipinski definition) is 1. The van der Waals surface area contributed by atoms with Crippen molar-refractivity contribution in [1.82, 2.24) is 0 Å². The Morgan fingerprint density at radius 2 is 0.717 bits per heavy atom. The number of aliphatic hydroxyl groups excluding tert-OH is 1. The van der Waals surface area contributed by atoms with E-state index in [0.29, 0.717) is 12.8 Å². The van der Waals surface area contributed by atoms with Gasteiger partial charge in [0, 0.05) is 12.8 Å². The average Bonchev–Trinajstić information content (AvgIpc) is 3.25. The van der Waals surface area contributed by atoms with E-state index in [-0.39, 0.29) is 25.2 Å². The van der Waals surface area contributed by atoms with Crippen LogP contribution < -0.4 is 0 Å². The number of unbranched alkanes of at least 4 members (excludes halogenated alkanes) is 11. The third-order valence-corrected chi connectivity index (χ3v) is 9.43. The minimum atomic E-state index is -0.805. The van der Waals surface area contributed by atoms with Crippen LogP contribution in [-0.2, 0) is 19.1 Å². The molecule has 60 heavy (non-hydrogen) atoms. The van der Waals surface area contributed by atoms with Gasteiger partial charge >= 0.3 is 11.9 Å². The number of hydrogen-bond acceptors (Lipinski definition) is 5. The Morgan fingerprint density at radius 1 is 0.400 bits per heavy atom. The van der Waals surface area contributed by atoms with Crippen molar-refractivity contribution in [2.75, 3.05) is 13.2 Å². The summed E-state index contributed by atoms with van der Waals surface area (Å²) in [6, 6.07) is 0. The van der Waals surface area contributed by atoms with Crippen LogP contribution in [-0.4, -0.2) is 36.4 Å². The van der Waals surface area contributed by atoms with E-state index in [9.17, 15) is 14.7 Å². The molecular formula is C55H86O5. The smallest absolute Gasteiger partial charge is 0.306 e. The van der Waals surface area contributed by atoms with Crippen LogP contribution >= 0.6 is 0 Å². The van der Waals surface area contributed by atoms with E-state index in [0.717, 1.165) is 122 Å². The van der Waals surface area contributed by atoms with Crippen molar-refractivity contribution in [2.45, 2.75) is 187 Å². The van der Waals surface area contributed by atoms with Crippen molar-refractivity contribution in [3.05, 3.63) is 134 Å². The number of allylic oxidation sites excluding steroid dienone is 22. The number of aliphatic hydroxyl groups is 1. The molecule has 0 saturated heterocycles. The fourth-order valence-electron chi connectivity index (χ4n) is 5.87. The summed E-state index contributed by atoms with van der Waals surface area (Å²) in [6.45, 7) is 3.94. The van der Waals surface area contributed by atoms with Gasteiger partial charge in [-0.2, -0.15) is 0 Å². The molecule has 1 N–H and O–H groups in total. The fourth-order valence-corrected chi connectivity index (χ4v) is 5.87. The lowest BCUT2D eigenvalue weighted by atomic mass is 10.1. The number of esters is 2. The lowest BCUT2D eigenvalue weighted by Gasteiger charge is -2.15. The molecule has 0 aromatic heterocycles.